The van der Waals surface area contributed by atoms with E-state index in [2.05, 4.69) is 5.10 Å². The minimum Gasteiger partial charge on any atom is -0.480 e. The largest absolute Gasteiger partial charge is 0.480 e. The fourth-order valence-electron chi connectivity index (χ4n) is 4.66. The molecule has 0 spiro atoms. The summed E-state index contributed by atoms with van der Waals surface area (Å²) in [5.74, 6) is -2.19. The molecule has 1 aliphatic heterocycles. The first-order valence-electron chi connectivity index (χ1n) is 9.80. The average molecular weight is 399 g/mol. The number of aryl methyl sites for hydroxylation is 1. The molecule has 8 heteroatoms. The second kappa shape index (κ2) is 7.42. The Balaban J connectivity index is 1.78. The zero-order chi connectivity index (χ0) is 20.7. The first-order valence-corrected chi connectivity index (χ1v) is 9.80. The zero-order valence-corrected chi connectivity index (χ0v) is 16.0. The lowest BCUT2D eigenvalue weighted by Gasteiger charge is -2.32. The van der Waals surface area contributed by atoms with Crippen molar-refractivity contribution in [2.24, 2.45) is 5.92 Å². The number of hydrogen-bond acceptors (Lipinski definition) is 4. The van der Waals surface area contributed by atoms with Crippen molar-refractivity contribution in [1.29, 1.82) is 0 Å². The van der Waals surface area contributed by atoms with Gasteiger partial charge in [-0.25, -0.2) is 13.9 Å². The van der Waals surface area contributed by atoms with Crippen molar-refractivity contribution in [2.75, 3.05) is 0 Å². The third-order valence-electron chi connectivity index (χ3n) is 6.00. The number of para-hydroxylation sites is 1. The van der Waals surface area contributed by atoms with Gasteiger partial charge in [0.2, 0.25) is 5.43 Å². The molecule has 1 saturated heterocycles. The second-order valence-electron chi connectivity index (χ2n) is 7.78. The SMILES string of the molecule is Cc1cc(=O)c(C(=O)N2[C@H](C(=O)O)C[C@H]3CCCC[C@@H]32)nn1-c1ccccc1F. The third-order valence-corrected chi connectivity index (χ3v) is 6.00. The number of likely N-dealkylation sites (tertiary alicyclic amines) is 1. The molecule has 1 aliphatic carbocycles. The van der Waals surface area contributed by atoms with Crippen molar-refractivity contribution < 1.29 is 19.1 Å². The predicted molar refractivity (Wildman–Crippen MR) is 102 cm³/mol. The first-order chi connectivity index (χ1) is 13.9. The molecule has 1 aromatic heterocycles. The number of halogens is 1. The Bertz CT molecular complexity index is 1030. The maximum absolute atomic E-state index is 14.3. The smallest absolute Gasteiger partial charge is 0.326 e. The van der Waals surface area contributed by atoms with E-state index in [0.29, 0.717) is 18.5 Å². The molecule has 1 N–H and O–H groups in total. The lowest BCUT2D eigenvalue weighted by molar-refractivity contribution is -0.141. The highest BCUT2D eigenvalue weighted by molar-refractivity contribution is 5.95. The molecule has 1 saturated carbocycles. The van der Waals surface area contributed by atoms with Gasteiger partial charge in [-0.15, -0.1) is 0 Å². The monoisotopic (exact) mass is 399 g/mol. The summed E-state index contributed by atoms with van der Waals surface area (Å²) in [6.45, 7) is 1.60. The van der Waals surface area contributed by atoms with Crippen molar-refractivity contribution in [2.45, 2.75) is 51.1 Å². The Hall–Kier alpha value is -3.03. The molecule has 2 aromatic rings. The van der Waals surface area contributed by atoms with Gasteiger partial charge in [0.1, 0.15) is 17.5 Å². The van der Waals surface area contributed by atoms with Crippen LogP contribution in [0.25, 0.3) is 5.69 Å². The van der Waals surface area contributed by atoms with Crippen molar-refractivity contribution in [3.63, 3.8) is 0 Å². The molecule has 152 valence electrons. The fourth-order valence-corrected chi connectivity index (χ4v) is 4.66. The molecule has 2 heterocycles. The van der Waals surface area contributed by atoms with Crippen LogP contribution in [-0.2, 0) is 4.79 Å². The number of aliphatic carboxylic acids is 1. The number of amides is 1. The number of carboxylic acid groups (broad SMARTS) is 1. The van der Waals surface area contributed by atoms with E-state index in [1.54, 1.807) is 13.0 Å². The highest BCUT2D eigenvalue weighted by Crippen LogP contribution is 2.40. The lowest BCUT2D eigenvalue weighted by atomic mass is 9.84. The molecule has 3 atom stereocenters. The number of carbonyl (C=O) groups is 2. The molecule has 29 heavy (non-hydrogen) atoms. The number of nitrogens with zero attached hydrogens (tertiary/aromatic N) is 3. The van der Waals surface area contributed by atoms with Gasteiger partial charge in [-0.3, -0.25) is 9.59 Å². The van der Waals surface area contributed by atoms with Crippen LogP contribution in [0.1, 0.15) is 48.3 Å². The van der Waals surface area contributed by atoms with Gasteiger partial charge in [0.15, 0.2) is 5.69 Å². The topological polar surface area (TPSA) is 92.5 Å². The van der Waals surface area contributed by atoms with E-state index in [4.69, 9.17) is 0 Å². The molecule has 0 radical (unpaired) electrons. The predicted octanol–water partition coefficient (Wildman–Crippen LogP) is 2.54. The zero-order valence-electron chi connectivity index (χ0n) is 16.0. The van der Waals surface area contributed by atoms with Crippen LogP contribution in [-0.4, -0.2) is 43.7 Å². The van der Waals surface area contributed by atoms with Crippen LogP contribution in [0.2, 0.25) is 0 Å². The van der Waals surface area contributed by atoms with E-state index >= 15 is 0 Å². The van der Waals surface area contributed by atoms with Crippen LogP contribution in [0.5, 0.6) is 0 Å². The summed E-state index contributed by atoms with van der Waals surface area (Å²) in [6.07, 6.45) is 3.90. The van der Waals surface area contributed by atoms with Gasteiger partial charge in [0.05, 0.1) is 0 Å². The Kier molecular flexibility index (Phi) is 4.94. The molecule has 0 bridgehead atoms. The lowest BCUT2D eigenvalue weighted by Crippen LogP contribution is -2.48. The molecule has 2 fully saturated rings. The van der Waals surface area contributed by atoms with E-state index in [0.717, 1.165) is 19.3 Å². The number of fused-ring (bicyclic) bond motifs is 1. The van der Waals surface area contributed by atoms with Crippen LogP contribution in [0.15, 0.2) is 35.1 Å². The van der Waals surface area contributed by atoms with Crippen LogP contribution >= 0.6 is 0 Å². The highest BCUT2D eigenvalue weighted by atomic mass is 19.1. The summed E-state index contributed by atoms with van der Waals surface area (Å²) in [4.78, 5) is 39.0. The van der Waals surface area contributed by atoms with Gasteiger partial charge in [0.25, 0.3) is 5.91 Å². The van der Waals surface area contributed by atoms with Crippen LogP contribution in [0, 0.1) is 18.7 Å². The van der Waals surface area contributed by atoms with Gasteiger partial charge in [-0.2, -0.15) is 5.10 Å². The molecular weight excluding hydrogens is 377 g/mol. The molecule has 0 unspecified atom stereocenters. The number of rotatable bonds is 3. The first kappa shape index (κ1) is 19.3. The molecule has 7 nitrogen and oxygen atoms in total. The van der Waals surface area contributed by atoms with Crippen LogP contribution < -0.4 is 5.43 Å². The summed E-state index contributed by atoms with van der Waals surface area (Å²) < 4.78 is 15.5. The second-order valence-corrected chi connectivity index (χ2v) is 7.78. The molecule has 1 amide bonds. The van der Waals surface area contributed by atoms with Gasteiger partial charge < -0.3 is 10.0 Å². The van der Waals surface area contributed by atoms with Gasteiger partial charge >= 0.3 is 5.97 Å². The number of carbonyl (C=O) groups excluding carboxylic acids is 1. The van der Waals surface area contributed by atoms with Crippen molar-refractivity contribution in [3.05, 3.63) is 57.8 Å². The number of aromatic nitrogens is 2. The minimum atomic E-state index is -1.07. The van der Waals surface area contributed by atoms with Gasteiger partial charge in [0, 0.05) is 17.8 Å². The Morgan fingerprint density at radius 3 is 2.66 bits per heavy atom. The summed E-state index contributed by atoms with van der Waals surface area (Å²) >= 11 is 0. The van der Waals surface area contributed by atoms with Gasteiger partial charge in [-0.05, 0) is 44.2 Å². The van der Waals surface area contributed by atoms with E-state index < -0.39 is 29.2 Å². The molecule has 4 rings (SSSR count). The van der Waals surface area contributed by atoms with Gasteiger partial charge in [-0.1, -0.05) is 25.0 Å². The Morgan fingerprint density at radius 2 is 1.93 bits per heavy atom. The average Bonchev–Trinajstić information content (AvgIpc) is 3.08. The fraction of sp³-hybridized carbons (Fsp3) is 0.429. The third kappa shape index (κ3) is 3.32. The van der Waals surface area contributed by atoms with Crippen molar-refractivity contribution in [1.82, 2.24) is 14.7 Å². The van der Waals surface area contributed by atoms with E-state index in [9.17, 15) is 23.9 Å². The standard InChI is InChI=1S/C21H22FN3O4/c1-12-10-18(26)19(23-25(12)16-9-5-3-7-14(16)22)20(27)24-15-8-4-2-6-13(15)11-17(24)21(28)29/h3,5,7,9-10,13,15,17H,2,4,6,8,11H2,1H3,(H,28,29)/t13-,15+,17+/m1/s1. The number of carboxylic acids is 1. The van der Waals surface area contributed by atoms with Crippen LogP contribution in [0.3, 0.4) is 0 Å². The maximum Gasteiger partial charge on any atom is 0.326 e. The van der Waals surface area contributed by atoms with Crippen molar-refractivity contribution in [3.8, 4) is 5.69 Å². The molecular formula is C21H22FN3O4. The Labute approximate surface area is 166 Å². The summed E-state index contributed by atoms with van der Waals surface area (Å²) in [7, 11) is 0. The molecule has 2 aliphatic rings. The van der Waals surface area contributed by atoms with Crippen molar-refractivity contribution >= 4 is 11.9 Å². The van der Waals surface area contributed by atoms with Crippen LogP contribution in [0.4, 0.5) is 4.39 Å². The van der Waals surface area contributed by atoms with E-state index in [-0.39, 0.29) is 23.3 Å². The summed E-state index contributed by atoms with van der Waals surface area (Å²) in [5.41, 5.74) is -0.478. The quantitative estimate of drug-likeness (QED) is 0.856. The summed E-state index contributed by atoms with van der Waals surface area (Å²) in [6, 6.07) is 5.99. The minimum absolute atomic E-state index is 0.116. The van der Waals surface area contributed by atoms with E-state index in [1.807, 2.05) is 0 Å². The Morgan fingerprint density at radius 1 is 1.21 bits per heavy atom. The number of hydrogen-bond donors (Lipinski definition) is 1. The normalized spacial score (nSPS) is 23.7. The van der Waals surface area contributed by atoms with E-state index in [1.165, 1.54) is 33.8 Å². The highest BCUT2D eigenvalue weighted by Gasteiger charge is 2.48. The maximum atomic E-state index is 14.3. The summed E-state index contributed by atoms with van der Waals surface area (Å²) in [5, 5.41) is 13.8. The number of benzene rings is 1. The molecule has 1 aromatic carbocycles.